The normalized spacial score (nSPS) is 11.2. The second-order valence-corrected chi connectivity index (χ2v) is 9.60. The Morgan fingerprint density at radius 1 is 0.871 bits per heavy atom. The summed E-state index contributed by atoms with van der Waals surface area (Å²) in [4.78, 5) is 12.1. The van der Waals surface area contributed by atoms with Crippen molar-refractivity contribution in [2.45, 2.75) is 19.6 Å². The highest BCUT2D eigenvalue weighted by molar-refractivity contribution is 7.12. The van der Waals surface area contributed by atoms with Crippen molar-refractivity contribution in [3.05, 3.63) is 93.1 Å². The summed E-state index contributed by atoms with van der Waals surface area (Å²) in [6.07, 6.45) is 7.78. The van der Waals surface area contributed by atoms with Gasteiger partial charge in [-0.05, 0) is 41.3 Å². The smallest absolute Gasteiger partial charge is 0.193 e. The number of aromatic nitrogens is 4. The predicted molar refractivity (Wildman–Crippen MR) is 125 cm³/mol. The van der Waals surface area contributed by atoms with Gasteiger partial charge in [-0.1, -0.05) is 0 Å². The van der Waals surface area contributed by atoms with Gasteiger partial charge in [-0.2, -0.15) is 5.26 Å². The fourth-order valence-electron chi connectivity index (χ4n) is 3.53. The van der Waals surface area contributed by atoms with Crippen molar-refractivity contribution < 1.29 is 0 Å². The lowest BCUT2D eigenvalue weighted by molar-refractivity contribution is 0.239. The Morgan fingerprint density at radius 2 is 1.48 bits per heavy atom. The molecule has 0 saturated carbocycles. The van der Waals surface area contributed by atoms with E-state index in [1.807, 2.05) is 29.2 Å². The SMILES string of the molecule is N#Cc1cc(CN(Cc2cccn2-c2nccs2)Cc2cccn2-c2nccs2)cs1. The zero-order chi connectivity index (χ0) is 21.0. The minimum atomic E-state index is 0.743. The van der Waals surface area contributed by atoms with Gasteiger partial charge in [0.15, 0.2) is 10.3 Å². The quantitative estimate of drug-likeness (QED) is 0.313. The van der Waals surface area contributed by atoms with Gasteiger partial charge in [0.2, 0.25) is 0 Å². The molecule has 0 N–H and O–H groups in total. The molecule has 0 aliphatic heterocycles. The van der Waals surface area contributed by atoms with Gasteiger partial charge < -0.3 is 0 Å². The van der Waals surface area contributed by atoms with Crippen LogP contribution in [0.4, 0.5) is 0 Å². The number of hydrogen-bond acceptors (Lipinski definition) is 7. The second-order valence-electron chi connectivity index (χ2n) is 6.94. The zero-order valence-electron chi connectivity index (χ0n) is 16.5. The molecular weight excluding hydrogens is 444 g/mol. The molecule has 5 rings (SSSR count). The summed E-state index contributed by atoms with van der Waals surface area (Å²) in [5, 5.41) is 17.2. The lowest BCUT2D eigenvalue weighted by Gasteiger charge is -2.23. The number of hydrogen-bond donors (Lipinski definition) is 0. The van der Waals surface area contributed by atoms with Crippen molar-refractivity contribution >= 4 is 34.0 Å². The zero-order valence-corrected chi connectivity index (χ0v) is 18.9. The van der Waals surface area contributed by atoms with Crippen LogP contribution in [0.3, 0.4) is 0 Å². The summed E-state index contributed by atoms with van der Waals surface area (Å²) < 4.78 is 4.29. The average Bonchev–Trinajstić information content (AvgIpc) is 3.59. The largest absolute Gasteiger partial charge is 0.296 e. The van der Waals surface area contributed by atoms with Gasteiger partial charge in [0.25, 0.3) is 0 Å². The number of thiophene rings is 1. The van der Waals surface area contributed by atoms with Crippen LogP contribution in [-0.4, -0.2) is 24.0 Å². The summed E-state index contributed by atoms with van der Waals surface area (Å²) in [5.41, 5.74) is 3.51. The molecule has 5 aromatic rings. The van der Waals surface area contributed by atoms with Crippen LogP contribution in [0.2, 0.25) is 0 Å². The van der Waals surface area contributed by atoms with Crippen molar-refractivity contribution in [2.24, 2.45) is 0 Å². The van der Waals surface area contributed by atoms with E-state index >= 15 is 0 Å². The van der Waals surface area contributed by atoms with E-state index in [0.29, 0.717) is 0 Å². The Morgan fingerprint density at radius 3 is 1.97 bits per heavy atom. The molecule has 31 heavy (non-hydrogen) atoms. The molecule has 5 heterocycles. The Kier molecular flexibility index (Phi) is 5.78. The van der Waals surface area contributed by atoms with E-state index in [2.05, 4.69) is 72.1 Å². The van der Waals surface area contributed by atoms with E-state index in [1.54, 1.807) is 22.7 Å². The molecule has 9 heteroatoms. The summed E-state index contributed by atoms with van der Waals surface area (Å²) in [6.45, 7) is 2.27. The van der Waals surface area contributed by atoms with E-state index in [-0.39, 0.29) is 0 Å². The summed E-state index contributed by atoms with van der Waals surface area (Å²) in [7, 11) is 0. The van der Waals surface area contributed by atoms with Crippen LogP contribution in [0, 0.1) is 11.3 Å². The summed E-state index contributed by atoms with van der Waals surface area (Å²) in [5.74, 6) is 0. The van der Waals surface area contributed by atoms with Crippen molar-refractivity contribution in [1.82, 2.24) is 24.0 Å². The molecule has 5 aromatic heterocycles. The molecule has 0 aliphatic carbocycles. The second kappa shape index (κ2) is 8.99. The highest BCUT2D eigenvalue weighted by Crippen LogP contribution is 2.23. The van der Waals surface area contributed by atoms with Crippen molar-refractivity contribution in [3.8, 4) is 16.3 Å². The highest BCUT2D eigenvalue weighted by atomic mass is 32.1. The van der Waals surface area contributed by atoms with Gasteiger partial charge in [-0.25, -0.2) is 9.97 Å². The maximum atomic E-state index is 9.21. The van der Waals surface area contributed by atoms with E-state index < -0.39 is 0 Å². The van der Waals surface area contributed by atoms with Crippen LogP contribution in [0.15, 0.2) is 71.3 Å². The minimum Gasteiger partial charge on any atom is -0.296 e. The van der Waals surface area contributed by atoms with Gasteiger partial charge in [-0.15, -0.1) is 34.0 Å². The Hall–Kier alpha value is -3.03. The predicted octanol–water partition coefficient (Wildman–Crippen LogP) is 5.32. The maximum absolute atomic E-state index is 9.21. The molecule has 0 aromatic carbocycles. The molecule has 0 amide bonds. The third-order valence-electron chi connectivity index (χ3n) is 4.86. The highest BCUT2D eigenvalue weighted by Gasteiger charge is 2.16. The minimum absolute atomic E-state index is 0.743. The van der Waals surface area contributed by atoms with Crippen molar-refractivity contribution in [1.29, 1.82) is 5.26 Å². The molecule has 0 unspecified atom stereocenters. The van der Waals surface area contributed by atoms with Gasteiger partial charge in [-0.3, -0.25) is 14.0 Å². The van der Waals surface area contributed by atoms with Crippen LogP contribution in [0.1, 0.15) is 21.8 Å². The Labute approximate surface area is 191 Å². The first-order chi connectivity index (χ1) is 15.3. The molecule has 6 nitrogen and oxygen atoms in total. The molecule has 0 bridgehead atoms. The lowest BCUT2D eigenvalue weighted by atomic mass is 10.2. The number of rotatable bonds is 8. The first-order valence-corrected chi connectivity index (χ1v) is 12.3. The topological polar surface area (TPSA) is 62.7 Å². The average molecular weight is 463 g/mol. The molecule has 0 fully saturated rings. The lowest BCUT2D eigenvalue weighted by Crippen LogP contribution is -2.24. The van der Waals surface area contributed by atoms with E-state index in [4.69, 9.17) is 0 Å². The molecule has 0 radical (unpaired) electrons. The van der Waals surface area contributed by atoms with Crippen LogP contribution in [0.5, 0.6) is 0 Å². The number of nitrogens with zero attached hydrogens (tertiary/aromatic N) is 6. The van der Waals surface area contributed by atoms with E-state index in [9.17, 15) is 5.26 Å². The summed E-state index contributed by atoms with van der Waals surface area (Å²) >= 11 is 4.75. The molecular formula is C22H18N6S3. The first kappa shape index (κ1) is 19.9. The third-order valence-corrected chi connectivity index (χ3v) is 7.28. The van der Waals surface area contributed by atoms with E-state index in [0.717, 1.165) is 40.3 Å². The Bertz CT molecular complexity index is 1210. The monoisotopic (exact) mass is 462 g/mol. The van der Waals surface area contributed by atoms with Crippen LogP contribution >= 0.6 is 34.0 Å². The summed E-state index contributed by atoms with van der Waals surface area (Å²) in [6, 6.07) is 12.6. The molecule has 0 saturated heterocycles. The van der Waals surface area contributed by atoms with Crippen LogP contribution < -0.4 is 0 Å². The van der Waals surface area contributed by atoms with Crippen LogP contribution in [0.25, 0.3) is 10.3 Å². The van der Waals surface area contributed by atoms with Gasteiger partial charge in [0.1, 0.15) is 10.9 Å². The van der Waals surface area contributed by atoms with Gasteiger partial charge in [0.05, 0.1) is 0 Å². The third kappa shape index (κ3) is 4.38. The maximum Gasteiger partial charge on any atom is 0.193 e. The molecule has 0 spiro atoms. The number of nitriles is 1. The van der Waals surface area contributed by atoms with Crippen molar-refractivity contribution in [3.63, 3.8) is 0 Å². The standard InChI is InChI=1S/C22H18N6S3/c23-12-20-11-17(16-31-20)13-26(14-18-3-1-7-27(18)21-24-5-9-29-21)15-19-4-2-8-28(19)22-25-6-10-30-22/h1-11,16H,13-15H2. The van der Waals surface area contributed by atoms with Gasteiger partial charge >= 0.3 is 0 Å². The fourth-order valence-corrected chi connectivity index (χ4v) is 5.54. The van der Waals surface area contributed by atoms with E-state index in [1.165, 1.54) is 22.7 Å². The molecule has 0 atom stereocenters. The first-order valence-electron chi connectivity index (χ1n) is 9.62. The van der Waals surface area contributed by atoms with Gasteiger partial charge in [0, 0.05) is 66.6 Å². The molecule has 154 valence electrons. The Balaban J connectivity index is 1.44. The molecule has 0 aliphatic rings. The van der Waals surface area contributed by atoms with Crippen LogP contribution in [-0.2, 0) is 19.6 Å². The number of thiazole rings is 2. The fraction of sp³-hybridized carbons (Fsp3) is 0.136. The van der Waals surface area contributed by atoms with Crippen molar-refractivity contribution in [2.75, 3.05) is 0 Å².